The molecule has 3 rings (SSSR count). The summed E-state index contributed by atoms with van der Waals surface area (Å²) in [7, 11) is 1.53. The minimum absolute atomic E-state index is 0.168. The Morgan fingerprint density at radius 3 is 1.54 bits per heavy atom. The summed E-state index contributed by atoms with van der Waals surface area (Å²) in [6.07, 6.45) is 1.12. The van der Waals surface area contributed by atoms with Crippen LogP contribution in [0.25, 0.3) is 0 Å². The summed E-state index contributed by atoms with van der Waals surface area (Å²) < 4.78 is 5.09. The van der Waals surface area contributed by atoms with Crippen LogP contribution in [0.3, 0.4) is 0 Å². The lowest BCUT2D eigenvalue weighted by molar-refractivity contribution is 0.0948. The maximum Gasteiger partial charge on any atom is 0.197 e. The predicted octanol–water partition coefficient (Wildman–Crippen LogP) is 4.57. The van der Waals surface area contributed by atoms with Gasteiger partial charge in [0.15, 0.2) is 17.3 Å². The molecule has 0 fully saturated rings. The van der Waals surface area contributed by atoms with Gasteiger partial charge in [-0.1, -0.05) is 60.7 Å². The van der Waals surface area contributed by atoms with Gasteiger partial charge < -0.3 is 4.74 Å². The van der Waals surface area contributed by atoms with Crippen molar-refractivity contribution in [1.82, 2.24) is 0 Å². The van der Waals surface area contributed by atoms with Crippen LogP contribution >= 0.6 is 0 Å². The van der Waals surface area contributed by atoms with E-state index in [0.29, 0.717) is 22.4 Å². The van der Waals surface area contributed by atoms with Crippen molar-refractivity contribution in [2.24, 2.45) is 0 Å². The highest BCUT2D eigenvalue weighted by Gasteiger charge is 2.22. The van der Waals surface area contributed by atoms with Crippen LogP contribution in [0.5, 0.6) is 5.75 Å². The quantitative estimate of drug-likeness (QED) is 0.265. The van der Waals surface area contributed by atoms with E-state index in [9.17, 15) is 14.4 Å². The van der Waals surface area contributed by atoms with Crippen LogP contribution in [0.4, 0.5) is 0 Å². The highest BCUT2D eigenvalue weighted by molar-refractivity contribution is 6.33. The Labute approximate surface area is 163 Å². The summed E-state index contributed by atoms with van der Waals surface area (Å²) in [4.78, 5) is 38.6. The van der Waals surface area contributed by atoms with E-state index >= 15 is 0 Å². The van der Waals surface area contributed by atoms with Crippen molar-refractivity contribution in [3.8, 4) is 5.75 Å². The minimum atomic E-state index is -0.490. The van der Waals surface area contributed by atoms with Gasteiger partial charge in [-0.3, -0.25) is 14.4 Å². The van der Waals surface area contributed by atoms with Gasteiger partial charge in [-0.05, 0) is 24.3 Å². The first kappa shape index (κ1) is 19.0. The number of rotatable bonds is 7. The van der Waals surface area contributed by atoms with Crippen LogP contribution in [-0.4, -0.2) is 24.5 Å². The normalized spacial score (nSPS) is 10.0. The number of hydrogen-bond acceptors (Lipinski definition) is 4. The molecule has 0 spiro atoms. The van der Waals surface area contributed by atoms with Crippen LogP contribution in [-0.2, 0) is 0 Å². The van der Waals surface area contributed by atoms with E-state index in [1.165, 1.54) is 7.11 Å². The number of ether oxygens (including phenoxy) is 1. The Balaban J connectivity index is 2.01. The van der Waals surface area contributed by atoms with Gasteiger partial charge in [0.1, 0.15) is 5.75 Å². The molecule has 0 bridgehead atoms. The average molecular weight is 370 g/mol. The minimum Gasteiger partial charge on any atom is -0.497 e. The van der Waals surface area contributed by atoms with Crippen molar-refractivity contribution in [3.05, 3.63) is 113 Å². The van der Waals surface area contributed by atoms with Crippen LogP contribution < -0.4 is 4.74 Å². The van der Waals surface area contributed by atoms with Crippen LogP contribution in [0, 0.1) is 0 Å². The molecule has 0 unspecified atom stereocenters. The lowest BCUT2D eigenvalue weighted by atomic mass is 9.93. The highest BCUT2D eigenvalue weighted by Crippen LogP contribution is 2.17. The maximum absolute atomic E-state index is 13.0. The van der Waals surface area contributed by atoms with Gasteiger partial charge in [-0.25, -0.2) is 0 Å². The summed E-state index contributed by atoms with van der Waals surface area (Å²) in [5, 5.41) is 0. The molecule has 0 amide bonds. The largest absolute Gasteiger partial charge is 0.497 e. The lowest BCUT2D eigenvalue weighted by Gasteiger charge is -2.07. The maximum atomic E-state index is 13.0. The molecule has 0 saturated heterocycles. The molecule has 0 aromatic heterocycles. The van der Waals surface area contributed by atoms with Crippen molar-refractivity contribution < 1.29 is 19.1 Å². The van der Waals surface area contributed by atoms with Gasteiger partial charge in [0.25, 0.3) is 0 Å². The molecule has 0 heterocycles. The number of carbonyl (C=O) groups is 3. The topological polar surface area (TPSA) is 60.4 Å². The Bertz CT molecular complexity index is 964. The fourth-order valence-electron chi connectivity index (χ4n) is 2.69. The van der Waals surface area contributed by atoms with E-state index in [0.717, 1.165) is 6.08 Å². The zero-order valence-corrected chi connectivity index (χ0v) is 15.3. The van der Waals surface area contributed by atoms with Gasteiger partial charge in [-0.2, -0.15) is 0 Å². The predicted molar refractivity (Wildman–Crippen MR) is 107 cm³/mol. The fourth-order valence-corrected chi connectivity index (χ4v) is 2.69. The van der Waals surface area contributed by atoms with Crippen LogP contribution in [0.15, 0.2) is 96.6 Å². The number of ketones is 3. The first-order chi connectivity index (χ1) is 13.6. The molecule has 0 aliphatic heterocycles. The molecule has 28 heavy (non-hydrogen) atoms. The Morgan fingerprint density at radius 1 is 0.643 bits per heavy atom. The van der Waals surface area contributed by atoms with Crippen molar-refractivity contribution in [2.75, 3.05) is 7.11 Å². The zero-order valence-electron chi connectivity index (χ0n) is 15.3. The van der Waals surface area contributed by atoms with E-state index in [4.69, 9.17) is 4.74 Å². The highest BCUT2D eigenvalue weighted by atomic mass is 16.5. The molecule has 3 aromatic rings. The molecule has 0 radical (unpaired) electrons. The third kappa shape index (κ3) is 4.30. The number of allylic oxidation sites excluding steroid dienone is 2. The summed E-state index contributed by atoms with van der Waals surface area (Å²) in [6, 6.07) is 23.4. The molecule has 0 aliphatic carbocycles. The van der Waals surface area contributed by atoms with Crippen molar-refractivity contribution in [1.29, 1.82) is 0 Å². The van der Waals surface area contributed by atoms with E-state index in [1.54, 1.807) is 84.9 Å². The number of Topliss-reactive ketones (excluding diaryl/α,β-unsaturated/α-hetero) is 2. The van der Waals surface area contributed by atoms with Gasteiger partial charge in [0.05, 0.1) is 12.7 Å². The molecule has 0 N–H and O–H groups in total. The van der Waals surface area contributed by atoms with Crippen molar-refractivity contribution in [3.63, 3.8) is 0 Å². The van der Waals surface area contributed by atoms with Gasteiger partial charge in [0, 0.05) is 22.8 Å². The Morgan fingerprint density at radius 2 is 1.11 bits per heavy atom. The number of hydrogen-bond donors (Lipinski definition) is 0. The second-order valence-electron chi connectivity index (χ2n) is 6.04. The van der Waals surface area contributed by atoms with Crippen molar-refractivity contribution >= 4 is 17.3 Å². The van der Waals surface area contributed by atoms with E-state index in [2.05, 4.69) is 0 Å². The Kier molecular flexibility index (Phi) is 5.92. The second-order valence-corrected chi connectivity index (χ2v) is 6.04. The lowest BCUT2D eigenvalue weighted by Crippen LogP contribution is -2.15. The van der Waals surface area contributed by atoms with Crippen molar-refractivity contribution in [2.45, 2.75) is 0 Å². The van der Waals surface area contributed by atoms with Crippen LogP contribution in [0.2, 0.25) is 0 Å². The van der Waals surface area contributed by atoms with E-state index in [1.807, 2.05) is 0 Å². The first-order valence-electron chi connectivity index (χ1n) is 8.69. The summed E-state index contributed by atoms with van der Waals surface area (Å²) >= 11 is 0. The second kappa shape index (κ2) is 8.73. The van der Waals surface area contributed by atoms with Gasteiger partial charge >= 0.3 is 0 Å². The standard InChI is InChI=1S/C24H18O4/c1-28-20-14-12-17(13-15-20)22(25)16-21(23(26)18-8-4-2-5-9-18)24(27)19-10-6-3-7-11-19/h2-16H,1H3. The van der Waals surface area contributed by atoms with E-state index in [-0.39, 0.29) is 5.57 Å². The number of carbonyl (C=O) groups excluding carboxylic acids is 3. The molecule has 4 nitrogen and oxygen atoms in total. The number of benzene rings is 3. The third-order valence-corrected chi connectivity index (χ3v) is 4.21. The summed E-state index contributed by atoms with van der Waals surface area (Å²) in [5.74, 6) is -0.791. The molecular formula is C24H18O4. The molecule has 4 heteroatoms. The first-order valence-corrected chi connectivity index (χ1v) is 8.69. The van der Waals surface area contributed by atoms with E-state index < -0.39 is 17.3 Å². The molecular weight excluding hydrogens is 352 g/mol. The van der Waals surface area contributed by atoms with Crippen LogP contribution in [0.1, 0.15) is 31.1 Å². The average Bonchev–Trinajstić information content (AvgIpc) is 2.77. The monoisotopic (exact) mass is 370 g/mol. The van der Waals surface area contributed by atoms with Gasteiger partial charge in [0.2, 0.25) is 0 Å². The summed E-state index contributed by atoms with van der Waals surface area (Å²) in [5.41, 5.74) is 0.888. The smallest absolute Gasteiger partial charge is 0.197 e. The number of methoxy groups -OCH3 is 1. The third-order valence-electron chi connectivity index (χ3n) is 4.21. The molecule has 0 aliphatic rings. The molecule has 0 atom stereocenters. The fraction of sp³-hybridized carbons (Fsp3) is 0.0417. The molecule has 3 aromatic carbocycles. The SMILES string of the molecule is COc1ccc(C(=O)C=C(C(=O)c2ccccc2)C(=O)c2ccccc2)cc1. The Hall–Kier alpha value is -3.79. The summed E-state index contributed by atoms with van der Waals surface area (Å²) in [6.45, 7) is 0. The zero-order chi connectivity index (χ0) is 19.9. The molecule has 0 saturated carbocycles. The van der Waals surface area contributed by atoms with Gasteiger partial charge in [-0.15, -0.1) is 0 Å². The molecule has 138 valence electrons.